The van der Waals surface area contributed by atoms with Gasteiger partial charge in [0.15, 0.2) is 0 Å². The van der Waals surface area contributed by atoms with Gasteiger partial charge >= 0.3 is 0 Å². The van der Waals surface area contributed by atoms with Crippen LogP contribution in [0, 0.1) is 5.92 Å². The predicted molar refractivity (Wildman–Crippen MR) is 111 cm³/mol. The molecule has 0 radical (unpaired) electrons. The van der Waals surface area contributed by atoms with Gasteiger partial charge in [-0.3, -0.25) is 9.78 Å². The molecule has 4 nitrogen and oxygen atoms in total. The van der Waals surface area contributed by atoms with Crippen LogP contribution < -0.4 is 10.1 Å². The third-order valence-electron chi connectivity index (χ3n) is 5.37. The number of amides is 1. The molecule has 4 heteroatoms. The molecule has 3 aromatic carbocycles. The van der Waals surface area contributed by atoms with E-state index in [1.54, 1.807) is 6.20 Å². The van der Waals surface area contributed by atoms with E-state index >= 15 is 0 Å². The van der Waals surface area contributed by atoms with Crippen molar-refractivity contribution in [3.05, 3.63) is 84.1 Å². The van der Waals surface area contributed by atoms with Gasteiger partial charge in [-0.15, -0.1) is 0 Å². The van der Waals surface area contributed by atoms with Gasteiger partial charge in [-0.05, 0) is 41.0 Å². The van der Waals surface area contributed by atoms with Crippen molar-refractivity contribution in [2.75, 3.05) is 13.2 Å². The summed E-state index contributed by atoms with van der Waals surface area (Å²) in [4.78, 5) is 17.5. The van der Waals surface area contributed by atoms with Gasteiger partial charge in [-0.25, -0.2) is 0 Å². The van der Waals surface area contributed by atoms with E-state index in [4.69, 9.17) is 4.74 Å². The molecular weight excluding hydrogens is 348 g/mol. The summed E-state index contributed by atoms with van der Waals surface area (Å²) in [6.07, 6.45) is 2.65. The van der Waals surface area contributed by atoms with Crippen molar-refractivity contribution < 1.29 is 9.53 Å². The Bertz CT molecular complexity index is 1190. The minimum atomic E-state index is -0.0895. The van der Waals surface area contributed by atoms with Crippen molar-refractivity contribution in [2.45, 2.75) is 6.42 Å². The van der Waals surface area contributed by atoms with E-state index in [1.165, 1.54) is 5.56 Å². The standard InChI is InChI=1S/C24H20N2O2/c27-24(26-14-16-12-18-7-2-4-10-22(18)28-15-16)21-13-17-6-1-3-8-19(17)20-9-5-11-25-23(20)21/h1-11,13,16H,12,14-15H2,(H,26,27). The summed E-state index contributed by atoms with van der Waals surface area (Å²) in [5.74, 6) is 1.13. The van der Waals surface area contributed by atoms with Crippen molar-refractivity contribution in [1.29, 1.82) is 0 Å². The lowest BCUT2D eigenvalue weighted by Crippen LogP contribution is -2.34. The number of carbonyl (C=O) groups is 1. The fraction of sp³-hybridized carbons (Fsp3) is 0.167. The molecule has 0 spiro atoms. The molecule has 1 aliphatic heterocycles. The molecule has 1 aromatic heterocycles. The first-order valence-electron chi connectivity index (χ1n) is 9.55. The SMILES string of the molecule is O=C(NCC1COc2ccccc2C1)c1cc2ccccc2c2cccnc12. The second-order valence-electron chi connectivity index (χ2n) is 7.24. The van der Waals surface area contributed by atoms with E-state index in [9.17, 15) is 4.79 Å². The maximum absolute atomic E-state index is 13.0. The van der Waals surface area contributed by atoms with Gasteiger partial charge in [-0.2, -0.15) is 0 Å². The molecule has 1 unspecified atom stereocenters. The van der Waals surface area contributed by atoms with E-state index in [2.05, 4.69) is 22.4 Å². The van der Waals surface area contributed by atoms with Gasteiger partial charge < -0.3 is 10.1 Å². The first-order valence-corrected chi connectivity index (χ1v) is 9.55. The molecule has 0 fully saturated rings. The number of benzene rings is 3. The van der Waals surface area contributed by atoms with E-state index in [0.717, 1.165) is 33.8 Å². The van der Waals surface area contributed by atoms with Crippen molar-refractivity contribution in [3.8, 4) is 5.75 Å². The van der Waals surface area contributed by atoms with Crippen LogP contribution in [-0.2, 0) is 6.42 Å². The predicted octanol–water partition coefficient (Wildman–Crippen LogP) is 4.37. The lowest BCUT2D eigenvalue weighted by molar-refractivity contribution is 0.0940. The minimum Gasteiger partial charge on any atom is -0.493 e. The van der Waals surface area contributed by atoms with Crippen LogP contribution in [0.3, 0.4) is 0 Å². The maximum atomic E-state index is 13.0. The van der Waals surface area contributed by atoms with Crippen LogP contribution >= 0.6 is 0 Å². The third-order valence-corrected chi connectivity index (χ3v) is 5.37. The Kier molecular flexibility index (Phi) is 4.17. The Morgan fingerprint density at radius 2 is 1.86 bits per heavy atom. The average Bonchev–Trinajstić information content (AvgIpc) is 2.76. The zero-order valence-electron chi connectivity index (χ0n) is 15.4. The van der Waals surface area contributed by atoms with Crippen molar-refractivity contribution >= 4 is 27.6 Å². The summed E-state index contributed by atoms with van der Waals surface area (Å²) in [6, 6.07) is 22.1. The summed E-state index contributed by atoms with van der Waals surface area (Å²) in [6.45, 7) is 1.20. The Morgan fingerprint density at radius 1 is 1.04 bits per heavy atom. The number of nitrogens with one attached hydrogen (secondary N) is 1. The van der Waals surface area contributed by atoms with Gasteiger partial charge in [0.25, 0.3) is 5.91 Å². The van der Waals surface area contributed by atoms with Crippen LogP contribution in [0.1, 0.15) is 15.9 Å². The van der Waals surface area contributed by atoms with Crippen molar-refractivity contribution in [1.82, 2.24) is 10.3 Å². The summed E-state index contributed by atoms with van der Waals surface area (Å²) >= 11 is 0. The number of nitrogens with zero attached hydrogens (tertiary/aromatic N) is 1. The summed E-state index contributed by atoms with van der Waals surface area (Å²) < 4.78 is 5.84. The van der Waals surface area contributed by atoms with Crippen LogP contribution in [0.4, 0.5) is 0 Å². The van der Waals surface area contributed by atoms with E-state index in [0.29, 0.717) is 18.7 Å². The van der Waals surface area contributed by atoms with E-state index in [-0.39, 0.29) is 11.8 Å². The molecule has 0 saturated heterocycles. The fourth-order valence-corrected chi connectivity index (χ4v) is 3.96. The van der Waals surface area contributed by atoms with Gasteiger partial charge in [0.05, 0.1) is 17.7 Å². The largest absolute Gasteiger partial charge is 0.493 e. The van der Waals surface area contributed by atoms with Crippen LogP contribution in [-0.4, -0.2) is 24.0 Å². The fourth-order valence-electron chi connectivity index (χ4n) is 3.96. The quantitative estimate of drug-likeness (QED) is 0.546. The molecule has 1 atom stereocenters. The van der Waals surface area contributed by atoms with Crippen LogP contribution in [0.15, 0.2) is 72.9 Å². The molecule has 0 aliphatic carbocycles. The molecule has 1 amide bonds. The van der Waals surface area contributed by atoms with Gasteiger partial charge in [0.1, 0.15) is 5.75 Å². The number of aromatic nitrogens is 1. The second kappa shape index (κ2) is 6.97. The first-order chi connectivity index (χ1) is 13.8. The van der Waals surface area contributed by atoms with Gasteiger partial charge in [0, 0.05) is 24.0 Å². The average molecular weight is 368 g/mol. The molecule has 28 heavy (non-hydrogen) atoms. The normalized spacial score (nSPS) is 15.8. The molecule has 1 aliphatic rings. The molecule has 0 saturated carbocycles. The Hall–Kier alpha value is -3.40. The summed E-state index contributed by atoms with van der Waals surface area (Å²) in [7, 11) is 0. The zero-order valence-corrected chi connectivity index (χ0v) is 15.4. The molecule has 4 aromatic rings. The first kappa shape index (κ1) is 16.8. The summed E-state index contributed by atoms with van der Waals surface area (Å²) in [5.41, 5.74) is 2.56. The molecule has 2 heterocycles. The van der Waals surface area contributed by atoms with Crippen molar-refractivity contribution in [3.63, 3.8) is 0 Å². The highest BCUT2D eigenvalue weighted by atomic mass is 16.5. The number of carbonyl (C=O) groups excluding carboxylic acids is 1. The number of hydrogen-bond donors (Lipinski definition) is 1. The Labute approximate surface area is 163 Å². The second-order valence-corrected chi connectivity index (χ2v) is 7.24. The van der Waals surface area contributed by atoms with Gasteiger partial charge in [-0.1, -0.05) is 48.5 Å². The minimum absolute atomic E-state index is 0.0895. The highest BCUT2D eigenvalue weighted by molar-refractivity contribution is 6.15. The number of rotatable bonds is 3. The van der Waals surface area contributed by atoms with Crippen LogP contribution in [0.2, 0.25) is 0 Å². The van der Waals surface area contributed by atoms with E-state index < -0.39 is 0 Å². The number of fused-ring (bicyclic) bond motifs is 4. The lowest BCUT2D eigenvalue weighted by Gasteiger charge is -2.25. The topological polar surface area (TPSA) is 51.2 Å². The van der Waals surface area contributed by atoms with Crippen molar-refractivity contribution in [2.24, 2.45) is 5.92 Å². The molecule has 138 valence electrons. The number of para-hydroxylation sites is 1. The zero-order chi connectivity index (χ0) is 18.9. The smallest absolute Gasteiger partial charge is 0.253 e. The lowest BCUT2D eigenvalue weighted by atomic mass is 9.96. The Morgan fingerprint density at radius 3 is 2.82 bits per heavy atom. The highest BCUT2D eigenvalue weighted by Crippen LogP contribution is 2.28. The monoisotopic (exact) mass is 368 g/mol. The molecule has 5 rings (SSSR count). The maximum Gasteiger partial charge on any atom is 0.253 e. The Balaban J connectivity index is 1.40. The highest BCUT2D eigenvalue weighted by Gasteiger charge is 2.21. The number of hydrogen-bond acceptors (Lipinski definition) is 3. The number of pyridine rings is 1. The van der Waals surface area contributed by atoms with Crippen LogP contribution in [0.25, 0.3) is 21.7 Å². The third kappa shape index (κ3) is 2.97. The molecule has 1 N–H and O–H groups in total. The number of ether oxygens (including phenoxy) is 1. The molecular formula is C24H20N2O2. The van der Waals surface area contributed by atoms with Gasteiger partial charge in [0.2, 0.25) is 0 Å². The molecule has 0 bridgehead atoms. The summed E-state index contributed by atoms with van der Waals surface area (Å²) in [5, 5.41) is 6.25. The van der Waals surface area contributed by atoms with Crippen LogP contribution in [0.5, 0.6) is 5.75 Å². The van der Waals surface area contributed by atoms with E-state index in [1.807, 2.05) is 54.6 Å².